The zero-order chi connectivity index (χ0) is 15.8. The van der Waals surface area contributed by atoms with Crippen molar-refractivity contribution in [3.63, 3.8) is 0 Å². The Labute approximate surface area is 141 Å². The van der Waals surface area contributed by atoms with Crippen LogP contribution in [0.2, 0.25) is 0 Å². The summed E-state index contributed by atoms with van der Waals surface area (Å²) in [6.45, 7) is 0. The Morgan fingerprint density at radius 2 is 2.33 bits per heavy atom. The van der Waals surface area contributed by atoms with Crippen LogP contribution in [0.3, 0.4) is 0 Å². The van der Waals surface area contributed by atoms with E-state index >= 15 is 0 Å². The van der Waals surface area contributed by atoms with Crippen LogP contribution in [-0.2, 0) is 4.79 Å². The van der Waals surface area contributed by atoms with Gasteiger partial charge in [0.05, 0.1) is 17.6 Å². The second-order valence-corrected chi connectivity index (χ2v) is 6.35. The molecule has 1 heterocycles. The van der Waals surface area contributed by atoms with Gasteiger partial charge in [-0.05, 0) is 28.3 Å². The highest BCUT2D eigenvalue weighted by molar-refractivity contribution is 9.10. The number of aromatic nitrogens is 1. The maximum atomic E-state index is 12.0. The van der Waals surface area contributed by atoms with Crippen LogP contribution >= 0.6 is 39.3 Å². The molecule has 0 radical (unpaired) electrons. The first-order valence-electron chi connectivity index (χ1n) is 6.03. The van der Waals surface area contributed by atoms with Crippen LogP contribution in [0, 0.1) is 5.41 Å². The van der Waals surface area contributed by atoms with E-state index in [2.05, 4.69) is 26.2 Å². The van der Waals surface area contributed by atoms with E-state index in [1.807, 2.05) is 12.3 Å². The molecule has 114 valence electrons. The molecule has 0 bridgehead atoms. The van der Waals surface area contributed by atoms with Crippen LogP contribution in [0.25, 0.3) is 0 Å². The molecule has 1 aromatic rings. The number of allylic oxidation sites excluding steroid dienone is 1. The number of hydrogen-bond donors (Lipinski definition) is 2. The minimum atomic E-state index is -0.203. The minimum Gasteiger partial charge on any atom is -0.358 e. The van der Waals surface area contributed by atoms with Crippen molar-refractivity contribution < 1.29 is 4.79 Å². The average molecular weight is 392 g/mol. The van der Waals surface area contributed by atoms with Crippen molar-refractivity contribution in [2.45, 2.75) is 6.42 Å². The number of rotatable bonds is 7. The molecule has 5 nitrogen and oxygen atoms in total. The lowest BCUT2D eigenvalue weighted by Crippen LogP contribution is -2.29. The third-order valence-electron chi connectivity index (χ3n) is 2.56. The summed E-state index contributed by atoms with van der Waals surface area (Å²) in [6, 6.07) is 1.83. The summed E-state index contributed by atoms with van der Waals surface area (Å²) >= 11 is 10.7. The largest absolute Gasteiger partial charge is 0.358 e. The molecular formula is C13H16BrClN4OS. The number of hydrogen-bond acceptors (Lipinski definition) is 5. The highest BCUT2D eigenvalue weighted by atomic mass is 79.9. The molecule has 0 saturated heterocycles. The van der Waals surface area contributed by atoms with Gasteiger partial charge in [-0.15, -0.1) is 0 Å². The summed E-state index contributed by atoms with van der Waals surface area (Å²) in [6.07, 6.45) is 7.16. The van der Waals surface area contributed by atoms with E-state index in [0.29, 0.717) is 12.1 Å². The molecule has 1 aromatic heterocycles. The molecule has 0 fully saturated rings. The van der Waals surface area contributed by atoms with Gasteiger partial charge >= 0.3 is 0 Å². The third kappa shape index (κ3) is 6.07. The van der Waals surface area contributed by atoms with E-state index in [0.717, 1.165) is 15.9 Å². The Kier molecular flexibility index (Phi) is 7.77. The molecule has 1 amide bonds. The summed E-state index contributed by atoms with van der Waals surface area (Å²) in [4.78, 5) is 17.4. The summed E-state index contributed by atoms with van der Waals surface area (Å²) in [5.41, 5.74) is 1.03. The Balaban J connectivity index is 2.83. The number of pyridine rings is 1. The Bertz CT molecular complexity index is 553. The van der Waals surface area contributed by atoms with Crippen LogP contribution in [0.1, 0.15) is 6.42 Å². The fourth-order valence-electron chi connectivity index (χ4n) is 1.44. The van der Waals surface area contributed by atoms with Crippen LogP contribution in [0.4, 0.5) is 5.69 Å². The Morgan fingerprint density at radius 1 is 1.62 bits per heavy atom. The fraction of sp³-hybridized carbons (Fsp3) is 0.308. The maximum Gasteiger partial charge on any atom is 0.227 e. The third-order valence-corrected chi connectivity index (χ3v) is 3.80. The summed E-state index contributed by atoms with van der Waals surface area (Å²) in [5.74, 6) is 0.643. The van der Waals surface area contributed by atoms with Gasteiger partial charge in [-0.3, -0.25) is 15.2 Å². The van der Waals surface area contributed by atoms with E-state index in [4.69, 9.17) is 17.0 Å². The number of halogens is 2. The zero-order valence-corrected chi connectivity index (χ0v) is 14.8. The Morgan fingerprint density at radius 3 is 2.90 bits per heavy atom. The number of carbonyl (C=O) groups is 1. The van der Waals surface area contributed by atoms with Gasteiger partial charge in [-0.2, -0.15) is 11.8 Å². The summed E-state index contributed by atoms with van der Waals surface area (Å²) in [7, 11) is 1.60. The SMILES string of the molecule is CSCCC(=O)N(C)/C(=C/Nc1cncc(Br)c1)C(=N)Cl. The fourth-order valence-corrected chi connectivity index (χ4v) is 2.37. The average Bonchev–Trinajstić information content (AvgIpc) is 2.44. The highest BCUT2D eigenvalue weighted by Crippen LogP contribution is 2.15. The lowest BCUT2D eigenvalue weighted by atomic mass is 10.3. The first-order chi connectivity index (χ1) is 9.95. The number of carbonyl (C=O) groups excluding carboxylic acids is 1. The van der Waals surface area contributed by atoms with Crippen molar-refractivity contribution in [1.82, 2.24) is 9.88 Å². The zero-order valence-electron chi connectivity index (χ0n) is 11.7. The summed E-state index contributed by atoms with van der Waals surface area (Å²) < 4.78 is 0.827. The first kappa shape index (κ1) is 18.0. The molecule has 0 atom stereocenters. The monoisotopic (exact) mass is 390 g/mol. The molecule has 2 N–H and O–H groups in total. The molecule has 0 spiro atoms. The minimum absolute atomic E-state index is 0.0878. The normalized spacial score (nSPS) is 11.1. The number of thioether (sulfide) groups is 1. The molecule has 0 aliphatic heterocycles. The van der Waals surface area contributed by atoms with E-state index in [1.54, 1.807) is 31.2 Å². The van der Waals surface area contributed by atoms with Gasteiger partial charge in [0, 0.05) is 36.1 Å². The number of nitrogens with one attached hydrogen (secondary N) is 2. The van der Waals surface area contributed by atoms with Crippen LogP contribution in [0.15, 0.2) is 34.8 Å². The van der Waals surface area contributed by atoms with Gasteiger partial charge in [0.2, 0.25) is 5.91 Å². The van der Waals surface area contributed by atoms with E-state index in [-0.39, 0.29) is 11.1 Å². The quantitative estimate of drug-likeness (QED) is 0.698. The molecule has 21 heavy (non-hydrogen) atoms. The van der Waals surface area contributed by atoms with Gasteiger partial charge in [-0.25, -0.2) is 0 Å². The highest BCUT2D eigenvalue weighted by Gasteiger charge is 2.15. The van der Waals surface area contributed by atoms with E-state index in [9.17, 15) is 4.79 Å². The van der Waals surface area contributed by atoms with Crippen molar-refractivity contribution >= 4 is 56.1 Å². The lowest BCUT2D eigenvalue weighted by Gasteiger charge is -2.19. The number of amides is 1. The van der Waals surface area contributed by atoms with Crippen molar-refractivity contribution in [1.29, 1.82) is 5.41 Å². The number of nitrogens with zero attached hydrogens (tertiary/aromatic N) is 2. The topological polar surface area (TPSA) is 69.1 Å². The predicted molar refractivity (Wildman–Crippen MR) is 93.0 cm³/mol. The standard InChI is InChI=1S/C13H16BrClN4OS/c1-19(12(20)3-4-21-2)11(13(15)16)8-18-10-5-9(14)6-17-7-10/h5-8,16,18H,3-4H2,1-2H3/b11-8+,16-13?. The second kappa shape index (κ2) is 9.07. The summed E-state index contributed by atoms with van der Waals surface area (Å²) in [5, 5.41) is 10.4. The maximum absolute atomic E-state index is 12.0. The van der Waals surface area contributed by atoms with Gasteiger partial charge < -0.3 is 10.2 Å². The molecule has 0 unspecified atom stereocenters. The van der Waals surface area contributed by atoms with Crippen LogP contribution in [-0.4, -0.2) is 40.0 Å². The predicted octanol–water partition coefficient (Wildman–Crippen LogP) is 3.52. The van der Waals surface area contributed by atoms with Crippen molar-refractivity contribution in [2.75, 3.05) is 24.4 Å². The van der Waals surface area contributed by atoms with Gasteiger partial charge in [0.15, 0.2) is 0 Å². The molecular weight excluding hydrogens is 376 g/mol. The van der Waals surface area contributed by atoms with Crippen LogP contribution in [0.5, 0.6) is 0 Å². The molecule has 0 aliphatic carbocycles. The number of anilines is 1. The van der Waals surface area contributed by atoms with Gasteiger partial charge in [0.1, 0.15) is 5.17 Å². The lowest BCUT2D eigenvalue weighted by molar-refractivity contribution is -0.127. The molecule has 8 heteroatoms. The second-order valence-electron chi connectivity index (χ2n) is 4.08. The molecule has 0 aromatic carbocycles. The van der Waals surface area contributed by atoms with Crippen molar-refractivity contribution in [3.8, 4) is 0 Å². The van der Waals surface area contributed by atoms with E-state index < -0.39 is 0 Å². The Hall–Kier alpha value is -1.05. The van der Waals surface area contributed by atoms with Gasteiger partial charge in [0.25, 0.3) is 0 Å². The molecule has 1 rings (SSSR count). The van der Waals surface area contributed by atoms with Crippen LogP contribution < -0.4 is 5.32 Å². The van der Waals surface area contributed by atoms with E-state index in [1.165, 1.54) is 11.1 Å². The first-order valence-corrected chi connectivity index (χ1v) is 8.59. The van der Waals surface area contributed by atoms with Gasteiger partial charge in [-0.1, -0.05) is 11.6 Å². The molecule has 0 aliphatic rings. The smallest absolute Gasteiger partial charge is 0.227 e. The molecule has 0 saturated carbocycles. The van der Waals surface area contributed by atoms with Crippen molar-refractivity contribution in [3.05, 3.63) is 34.8 Å². The van der Waals surface area contributed by atoms with Crippen molar-refractivity contribution in [2.24, 2.45) is 0 Å².